The van der Waals surface area contributed by atoms with Gasteiger partial charge in [0, 0.05) is 19.1 Å². The number of hydrogen-bond donors (Lipinski definition) is 2. The Kier molecular flexibility index (Phi) is 4.95. The molecule has 1 aromatic heterocycles. The Hall–Kier alpha value is -1.89. The van der Waals surface area contributed by atoms with Gasteiger partial charge in [0.25, 0.3) is 0 Å². The Bertz CT molecular complexity index is 548. The van der Waals surface area contributed by atoms with E-state index in [2.05, 4.69) is 21.8 Å². The summed E-state index contributed by atoms with van der Waals surface area (Å²) < 4.78 is 1.70. The number of aryl methyl sites for hydroxylation is 1. The van der Waals surface area contributed by atoms with E-state index in [-0.39, 0.29) is 16.7 Å². The maximum absolute atomic E-state index is 11.2. The van der Waals surface area contributed by atoms with Gasteiger partial charge in [0.2, 0.25) is 5.82 Å². The Morgan fingerprint density at radius 1 is 1.57 bits per heavy atom. The minimum absolute atomic E-state index is 0.0815. The number of rotatable bonds is 6. The summed E-state index contributed by atoms with van der Waals surface area (Å²) in [5, 5.41) is 22.0. The van der Waals surface area contributed by atoms with E-state index in [1.807, 2.05) is 13.8 Å². The maximum atomic E-state index is 11.2. The van der Waals surface area contributed by atoms with E-state index in [4.69, 9.17) is 0 Å². The van der Waals surface area contributed by atoms with Crippen LogP contribution in [0.4, 0.5) is 11.5 Å². The number of anilines is 1. The molecule has 0 atom stereocenters. The quantitative estimate of drug-likeness (QED) is 0.478. The van der Waals surface area contributed by atoms with Gasteiger partial charge in [-0.3, -0.25) is 10.1 Å². The van der Waals surface area contributed by atoms with E-state index in [1.54, 1.807) is 11.6 Å². The van der Waals surface area contributed by atoms with E-state index in [0.29, 0.717) is 18.1 Å². The van der Waals surface area contributed by atoms with Crippen molar-refractivity contribution in [2.24, 2.45) is 0 Å². The maximum Gasteiger partial charge on any atom is 0.333 e. The van der Waals surface area contributed by atoms with E-state index in [1.165, 1.54) is 5.57 Å². The molecular formula is C14H23N5O2. The van der Waals surface area contributed by atoms with Gasteiger partial charge in [-0.15, -0.1) is 0 Å². The fraction of sp³-hybridized carbons (Fsp3) is 0.643. The van der Waals surface area contributed by atoms with Crippen LogP contribution in [0.25, 0.3) is 0 Å². The number of aromatic nitrogens is 2. The van der Waals surface area contributed by atoms with Crippen LogP contribution in [0.1, 0.15) is 38.4 Å². The first-order chi connectivity index (χ1) is 10.0. The molecule has 2 heterocycles. The second-order valence-corrected chi connectivity index (χ2v) is 5.57. The molecule has 116 valence electrons. The Labute approximate surface area is 124 Å². The van der Waals surface area contributed by atoms with E-state index >= 15 is 0 Å². The van der Waals surface area contributed by atoms with Gasteiger partial charge in [-0.1, -0.05) is 11.6 Å². The highest BCUT2D eigenvalue weighted by Crippen LogP contribution is 2.30. The van der Waals surface area contributed by atoms with Crippen LogP contribution in [0.5, 0.6) is 0 Å². The van der Waals surface area contributed by atoms with Crippen molar-refractivity contribution in [2.45, 2.75) is 39.7 Å². The first kappa shape index (κ1) is 15.5. The number of nitrogens with one attached hydrogen (secondary N) is 2. The lowest BCUT2D eigenvalue weighted by molar-refractivity contribution is -0.384. The summed E-state index contributed by atoms with van der Waals surface area (Å²) in [5.41, 5.74) is 1.94. The van der Waals surface area contributed by atoms with Gasteiger partial charge in [-0.05, 0) is 40.2 Å². The van der Waals surface area contributed by atoms with Gasteiger partial charge in [-0.2, -0.15) is 5.10 Å². The van der Waals surface area contributed by atoms with Gasteiger partial charge in [0.1, 0.15) is 5.69 Å². The van der Waals surface area contributed by atoms with Crippen molar-refractivity contribution in [1.82, 2.24) is 15.1 Å². The number of nitro groups is 1. The normalized spacial score (nSPS) is 15.1. The molecule has 0 saturated heterocycles. The zero-order valence-corrected chi connectivity index (χ0v) is 12.8. The topological polar surface area (TPSA) is 85.0 Å². The zero-order valence-electron chi connectivity index (χ0n) is 12.8. The van der Waals surface area contributed by atoms with Crippen molar-refractivity contribution < 1.29 is 4.92 Å². The smallest absolute Gasteiger partial charge is 0.333 e. The molecule has 0 spiro atoms. The highest BCUT2D eigenvalue weighted by atomic mass is 16.6. The molecule has 21 heavy (non-hydrogen) atoms. The van der Waals surface area contributed by atoms with Crippen molar-refractivity contribution in [1.29, 1.82) is 0 Å². The molecule has 0 amide bonds. The lowest BCUT2D eigenvalue weighted by Gasteiger charge is -2.15. The molecule has 1 aliphatic rings. The molecular weight excluding hydrogens is 270 g/mol. The van der Waals surface area contributed by atoms with E-state index in [0.717, 1.165) is 25.9 Å². The summed E-state index contributed by atoms with van der Waals surface area (Å²) in [6, 6.07) is 0.0815. The van der Waals surface area contributed by atoms with Crippen LogP contribution in [0, 0.1) is 17.0 Å². The molecule has 7 nitrogen and oxygen atoms in total. The van der Waals surface area contributed by atoms with Crippen LogP contribution in [0.3, 0.4) is 0 Å². The highest BCUT2D eigenvalue weighted by Gasteiger charge is 2.26. The van der Waals surface area contributed by atoms with Crippen LogP contribution in [-0.2, 0) is 0 Å². The average Bonchev–Trinajstić information content (AvgIpc) is 2.77. The van der Waals surface area contributed by atoms with Gasteiger partial charge >= 0.3 is 5.69 Å². The van der Waals surface area contributed by atoms with Gasteiger partial charge in [0.15, 0.2) is 0 Å². The fourth-order valence-corrected chi connectivity index (χ4v) is 2.53. The third kappa shape index (κ3) is 3.60. The largest absolute Gasteiger partial charge is 0.364 e. The van der Waals surface area contributed by atoms with Gasteiger partial charge < -0.3 is 10.6 Å². The SMILES string of the molecule is Cc1nn(C(C)C)c(NCCC2=CCNCC2)c1[N+](=O)[O-]. The lowest BCUT2D eigenvalue weighted by atomic mass is 10.1. The van der Waals surface area contributed by atoms with Crippen molar-refractivity contribution >= 4 is 11.5 Å². The minimum atomic E-state index is -0.354. The van der Waals surface area contributed by atoms with Crippen LogP contribution in [0.2, 0.25) is 0 Å². The van der Waals surface area contributed by atoms with Crippen LogP contribution < -0.4 is 10.6 Å². The summed E-state index contributed by atoms with van der Waals surface area (Å²) in [7, 11) is 0. The predicted octanol–water partition coefficient (Wildman–Crippen LogP) is 2.40. The average molecular weight is 293 g/mol. The summed E-state index contributed by atoms with van der Waals surface area (Å²) in [6.45, 7) is 8.23. The molecule has 0 saturated carbocycles. The molecule has 0 aromatic carbocycles. The minimum Gasteiger partial charge on any atom is -0.364 e. The van der Waals surface area contributed by atoms with Crippen LogP contribution >= 0.6 is 0 Å². The second-order valence-electron chi connectivity index (χ2n) is 5.57. The molecule has 2 rings (SSSR count). The summed E-state index contributed by atoms with van der Waals surface area (Å²) in [4.78, 5) is 10.9. The molecule has 1 aliphatic heterocycles. The third-order valence-corrected chi connectivity index (χ3v) is 3.62. The van der Waals surface area contributed by atoms with E-state index < -0.39 is 0 Å². The predicted molar refractivity (Wildman–Crippen MR) is 82.7 cm³/mol. The molecule has 0 aliphatic carbocycles. The van der Waals surface area contributed by atoms with Crippen molar-refractivity contribution in [3.63, 3.8) is 0 Å². The number of hydrogen-bond acceptors (Lipinski definition) is 5. The monoisotopic (exact) mass is 293 g/mol. The molecule has 7 heteroatoms. The molecule has 0 radical (unpaired) electrons. The summed E-state index contributed by atoms with van der Waals surface area (Å²) in [6.07, 6.45) is 4.15. The zero-order chi connectivity index (χ0) is 15.4. The standard InChI is InChI=1S/C14H23N5O2/c1-10(2)18-14(13(19(20)21)11(3)17-18)16-9-6-12-4-7-15-8-5-12/h4,10,15-16H,5-9H2,1-3H3. The fourth-order valence-electron chi connectivity index (χ4n) is 2.53. The Balaban J connectivity index is 2.10. The lowest BCUT2D eigenvalue weighted by Crippen LogP contribution is -2.21. The number of nitrogens with zero attached hydrogens (tertiary/aromatic N) is 3. The van der Waals surface area contributed by atoms with E-state index in [9.17, 15) is 10.1 Å². The first-order valence-electron chi connectivity index (χ1n) is 7.36. The van der Waals surface area contributed by atoms with Crippen LogP contribution in [-0.4, -0.2) is 34.3 Å². The molecule has 0 unspecified atom stereocenters. The van der Waals surface area contributed by atoms with Crippen molar-refractivity contribution in [2.75, 3.05) is 25.0 Å². The Morgan fingerprint density at radius 2 is 2.33 bits per heavy atom. The second kappa shape index (κ2) is 6.71. The Morgan fingerprint density at radius 3 is 2.90 bits per heavy atom. The van der Waals surface area contributed by atoms with Crippen LogP contribution in [0.15, 0.2) is 11.6 Å². The van der Waals surface area contributed by atoms with Crippen molar-refractivity contribution in [3.8, 4) is 0 Å². The summed E-state index contributed by atoms with van der Waals surface area (Å²) >= 11 is 0. The molecule has 2 N–H and O–H groups in total. The molecule has 1 aromatic rings. The van der Waals surface area contributed by atoms with Gasteiger partial charge in [0.05, 0.1) is 4.92 Å². The van der Waals surface area contributed by atoms with Gasteiger partial charge in [-0.25, -0.2) is 4.68 Å². The molecule has 0 fully saturated rings. The third-order valence-electron chi connectivity index (χ3n) is 3.62. The van der Waals surface area contributed by atoms with Crippen molar-refractivity contribution in [3.05, 3.63) is 27.5 Å². The molecule has 0 bridgehead atoms. The summed E-state index contributed by atoms with van der Waals surface area (Å²) in [5.74, 6) is 0.516. The highest BCUT2D eigenvalue weighted by molar-refractivity contribution is 5.59. The first-order valence-corrected chi connectivity index (χ1v) is 7.36.